The van der Waals surface area contributed by atoms with Crippen LogP contribution in [0.4, 0.5) is 10.8 Å². The predicted octanol–water partition coefficient (Wildman–Crippen LogP) is 4.55. The van der Waals surface area contributed by atoms with Crippen molar-refractivity contribution in [3.63, 3.8) is 0 Å². The molecule has 8 nitrogen and oxygen atoms in total. The normalized spacial score (nSPS) is 17.7. The number of benzene rings is 2. The molecular formula is C29H31N5O3S. The van der Waals surface area contributed by atoms with Crippen molar-refractivity contribution in [1.29, 1.82) is 0 Å². The van der Waals surface area contributed by atoms with Gasteiger partial charge in [0.2, 0.25) is 0 Å². The van der Waals surface area contributed by atoms with Gasteiger partial charge in [0.25, 0.3) is 0 Å². The maximum atomic E-state index is 12.7. The van der Waals surface area contributed by atoms with Gasteiger partial charge in [0, 0.05) is 55.9 Å². The number of anilines is 2. The molecule has 2 aliphatic rings. The Bertz CT molecular complexity index is 1550. The van der Waals surface area contributed by atoms with Gasteiger partial charge in [-0.25, -0.2) is 9.78 Å². The molecule has 0 aliphatic carbocycles. The van der Waals surface area contributed by atoms with E-state index in [0.717, 1.165) is 59.2 Å². The maximum Gasteiger partial charge on any atom is 0.341 e. The summed E-state index contributed by atoms with van der Waals surface area (Å²) in [5, 5.41) is 10.7. The van der Waals surface area contributed by atoms with Crippen molar-refractivity contribution < 1.29 is 9.90 Å². The van der Waals surface area contributed by atoms with Crippen molar-refractivity contribution >= 4 is 38.3 Å². The topological polar surface area (TPSA) is 81.9 Å². The molecular weight excluding hydrogens is 498 g/mol. The van der Waals surface area contributed by atoms with Crippen molar-refractivity contribution in [2.45, 2.75) is 25.3 Å². The number of pyridine rings is 1. The van der Waals surface area contributed by atoms with E-state index in [0.29, 0.717) is 11.7 Å². The first-order valence-electron chi connectivity index (χ1n) is 13.0. The predicted molar refractivity (Wildman–Crippen MR) is 153 cm³/mol. The average Bonchev–Trinajstić information content (AvgIpc) is 3.68. The molecule has 6 rings (SSSR count). The minimum absolute atomic E-state index is 0.251. The molecule has 4 heterocycles. The van der Waals surface area contributed by atoms with Gasteiger partial charge in [0.15, 0.2) is 10.6 Å². The van der Waals surface area contributed by atoms with E-state index in [2.05, 4.69) is 40.9 Å². The SMILES string of the molecule is CN(C)[C@H]1CCN(c2nc3ccc(-n4cc(C(=O)O)c(=O)cc4-c4ccc(N5CCCC5)cc4)cc3s2)C1. The molecule has 1 N–H and O–H groups in total. The van der Waals surface area contributed by atoms with E-state index in [9.17, 15) is 14.7 Å². The Labute approximate surface area is 225 Å². The largest absolute Gasteiger partial charge is 0.477 e. The average molecular weight is 530 g/mol. The third-order valence-electron chi connectivity index (χ3n) is 7.72. The first kappa shape index (κ1) is 24.6. The second-order valence-electron chi connectivity index (χ2n) is 10.4. The minimum Gasteiger partial charge on any atom is -0.477 e. The highest BCUT2D eigenvalue weighted by Gasteiger charge is 2.26. The van der Waals surface area contributed by atoms with E-state index in [1.165, 1.54) is 30.8 Å². The Morgan fingerprint density at radius 3 is 2.42 bits per heavy atom. The highest BCUT2D eigenvalue weighted by molar-refractivity contribution is 7.22. The monoisotopic (exact) mass is 529 g/mol. The fourth-order valence-corrected chi connectivity index (χ4v) is 6.51. The highest BCUT2D eigenvalue weighted by Crippen LogP contribution is 2.34. The lowest BCUT2D eigenvalue weighted by molar-refractivity contribution is 0.0695. The number of aromatic nitrogens is 2. The minimum atomic E-state index is -1.23. The van der Waals surface area contributed by atoms with E-state index in [1.807, 2.05) is 34.9 Å². The van der Waals surface area contributed by atoms with E-state index in [-0.39, 0.29) is 5.56 Å². The van der Waals surface area contributed by atoms with Crippen LogP contribution in [-0.2, 0) is 0 Å². The second-order valence-corrected chi connectivity index (χ2v) is 11.4. The van der Waals surface area contributed by atoms with E-state index < -0.39 is 11.4 Å². The number of nitrogens with zero attached hydrogens (tertiary/aromatic N) is 5. The molecule has 196 valence electrons. The van der Waals surface area contributed by atoms with Gasteiger partial charge in [-0.2, -0.15) is 0 Å². The maximum absolute atomic E-state index is 12.7. The molecule has 2 aromatic heterocycles. The highest BCUT2D eigenvalue weighted by atomic mass is 32.1. The zero-order valence-electron chi connectivity index (χ0n) is 21.6. The van der Waals surface area contributed by atoms with Crippen LogP contribution in [0.3, 0.4) is 0 Å². The molecule has 4 aromatic rings. The molecule has 9 heteroatoms. The lowest BCUT2D eigenvalue weighted by atomic mass is 10.1. The second kappa shape index (κ2) is 9.89. The van der Waals surface area contributed by atoms with Crippen LogP contribution in [0.15, 0.2) is 59.5 Å². The summed E-state index contributed by atoms with van der Waals surface area (Å²) in [4.78, 5) is 36.4. The number of fused-ring (bicyclic) bond motifs is 1. The lowest BCUT2D eigenvalue weighted by Crippen LogP contribution is -2.31. The summed E-state index contributed by atoms with van der Waals surface area (Å²) in [6.45, 7) is 4.05. The fraction of sp³-hybridized carbons (Fsp3) is 0.345. The number of aromatic carboxylic acids is 1. The Morgan fingerprint density at radius 1 is 1.00 bits per heavy atom. The summed E-state index contributed by atoms with van der Waals surface area (Å²) in [5.41, 5.74) is 3.64. The van der Waals surface area contributed by atoms with Crippen molar-refractivity contribution in [2.24, 2.45) is 0 Å². The molecule has 0 amide bonds. The molecule has 2 saturated heterocycles. The summed E-state index contributed by atoms with van der Waals surface area (Å²) in [6.07, 6.45) is 4.96. The summed E-state index contributed by atoms with van der Waals surface area (Å²) in [5.74, 6) is -1.23. The first-order valence-corrected chi connectivity index (χ1v) is 13.9. The molecule has 0 unspecified atom stereocenters. The van der Waals surface area contributed by atoms with E-state index in [4.69, 9.17) is 4.98 Å². The molecule has 0 saturated carbocycles. The van der Waals surface area contributed by atoms with Crippen LogP contribution < -0.4 is 15.2 Å². The number of carboxylic acids is 1. The van der Waals surface area contributed by atoms with Crippen LogP contribution in [0, 0.1) is 0 Å². The van der Waals surface area contributed by atoms with Gasteiger partial charge in [0.05, 0.1) is 15.9 Å². The summed E-state index contributed by atoms with van der Waals surface area (Å²) in [6, 6.07) is 16.1. The van der Waals surface area contributed by atoms with Gasteiger partial charge in [0.1, 0.15) is 5.56 Å². The summed E-state index contributed by atoms with van der Waals surface area (Å²) >= 11 is 1.65. The molecule has 0 bridgehead atoms. The smallest absolute Gasteiger partial charge is 0.341 e. The van der Waals surface area contributed by atoms with Gasteiger partial charge in [-0.15, -0.1) is 0 Å². The van der Waals surface area contributed by atoms with Crippen LogP contribution in [0.1, 0.15) is 29.6 Å². The van der Waals surface area contributed by atoms with E-state index in [1.54, 1.807) is 11.3 Å². The molecule has 1 atom stereocenters. The molecule has 2 fully saturated rings. The number of likely N-dealkylation sites (N-methyl/N-ethyl adjacent to an activating group) is 1. The number of carboxylic acid groups (broad SMARTS) is 1. The van der Waals surface area contributed by atoms with Gasteiger partial charge in [-0.3, -0.25) is 4.79 Å². The number of hydrogen-bond acceptors (Lipinski definition) is 7. The number of thiazole rings is 1. The molecule has 38 heavy (non-hydrogen) atoms. The Morgan fingerprint density at radius 2 is 1.74 bits per heavy atom. The molecule has 0 radical (unpaired) electrons. The van der Waals surface area contributed by atoms with Crippen LogP contribution in [-0.4, -0.2) is 71.8 Å². The molecule has 2 aromatic carbocycles. The van der Waals surface area contributed by atoms with Crippen molar-refractivity contribution in [2.75, 3.05) is 50.1 Å². The van der Waals surface area contributed by atoms with Crippen LogP contribution in [0.25, 0.3) is 27.2 Å². The van der Waals surface area contributed by atoms with Crippen LogP contribution >= 0.6 is 11.3 Å². The van der Waals surface area contributed by atoms with Crippen molar-refractivity contribution in [3.05, 3.63) is 70.5 Å². The number of hydrogen-bond donors (Lipinski definition) is 1. The standard InChI is InChI=1S/C29H31N5O3S/c1-31(2)22-11-14-33(17-22)29-30-24-10-9-21(15-27(24)38-29)34-18-23(28(36)37)26(35)16-25(34)19-5-7-20(8-6-19)32-12-3-4-13-32/h5-10,15-16,18,22H,3-4,11-14,17H2,1-2H3,(H,36,37)/t22-/m0/s1. The zero-order valence-corrected chi connectivity index (χ0v) is 22.4. The Kier molecular flexibility index (Phi) is 6.41. The summed E-state index contributed by atoms with van der Waals surface area (Å²) < 4.78 is 2.84. The van der Waals surface area contributed by atoms with Gasteiger partial charge < -0.3 is 24.4 Å². The van der Waals surface area contributed by atoms with Gasteiger partial charge in [-0.1, -0.05) is 23.5 Å². The van der Waals surface area contributed by atoms with Crippen molar-refractivity contribution in [3.8, 4) is 16.9 Å². The fourth-order valence-electron chi connectivity index (χ4n) is 5.47. The summed E-state index contributed by atoms with van der Waals surface area (Å²) in [7, 11) is 4.23. The third-order valence-corrected chi connectivity index (χ3v) is 8.80. The Hall–Kier alpha value is -3.69. The number of carbonyl (C=O) groups is 1. The van der Waals surface area contributed by atoms with Crippen LogP contribution in [0.5, 0.6) is 0 Å². The van der Waals surface area contributed by atoms with Crippen molar-refractivity contribution in [1.82, 2.24) is 14.5 Å². The van der Waals surface area contributed by atoms with E-state index >= 15 is 0 Å². The third kappa shape index (κ3) is 4.56. The quantitative estimate of drug-likeness (QED) is 0.392. The lowest BCUT2D eigenvalue weighted by Gasteiger charge is -2.19. The number of rotatable bonds is 6. The molecule has 0 spiro atoms. The van der Waals surface area contributed by atoms with Gasteiger partial charge in [-0.05, 0) is 69.3 Å². The first-order chi connectivity index (χ1) is 18.4. The Balaban J connectivity index is 1.39. The molecule has 2 aliphatic heterocycles. The zero-order chi connectivity index (χ0) is 26.4. The van der Waals surface area contributed by atoms with Gasteiger partial charge >= 0.3 is 5.97 Å². The van der Waals surface area contributed by atoms with Crippen LogP contribution in [0.2, 0.25) is 0 Å².